The van der Waals surface area contributed by atoms with Crippen molar-refractivity contribution in [3.05, 3.63) is 0 Å². The fourth-order valence-electron chi connectivity index (χ4n) is 2.57. The van der Waals surface area contributed by atoms with Crippen LogP contribution in [0.2, 0.25) is 0 Å². The van der Waals surface area contributed by atoms with Crippen molar-refractivity contribution < 1.29 is 38.5 Å². The zero-order valence-corrected chi connectivity index (χ0v) is 23.5. The molecular weight excluding hydrogens is 458 g/mol. The molecule has 0 amide bonds. The van der Waals surface area contributed by atoms with Crippen molar-refractivity contribution in [2.24, 2.45) is 0 Å². The molecule has 0 heterocycles. The number of unbranched alkanes of at least 4 members (excludes halogenated alkanes) is 12. The van der Waals surface area contributed by atoms with Crippen LogP contribution in [-0.2, 0) is 63.8 Å². The molecule has 0 bridgehead atoms. The molecule has 29 heavy (non-hydrogen) atoms. The molecule has 0 aliphatic heterocycles. The average molecular weight is 500 g/mol. The first-order valence-corrected chi connectivity index (χ1v) is 12.2. The smallest absolute Gasteiger partial charge is 0.782 e. The molecule has 0 N–H and O–H groups in total. The van der Waals surface area contributed by atoms with E-state index in [0.717, 1.165) is 25.7 Å². The van der Waals surface area contributed by atoms with Gasteiger partial charge < -0.3 is 34.7 Å². The molecule has 0 spiro atoms. The molecular formula is C22H42O4S2Zn. The van der Waals surface area contributed by atoms with E-state index in [-0.39, 0.29) is 42.9 Å². The Morgan fingerprint density at radius 1 is 0.552 bits per heavy atom. The maximum Gasteiger partial charge on any atom is 2.00 e. The number of carbonyl (C=O) groups excluding carboxylic acids is 2. The van der Waals surface area contributed by atoms with Gasteiger partial charge in [-0.1, -0.05) is 102 Å². The molecule has 168 valence electrons. The summed E-state index contributed by atoms with van der Waals surface area (Å²) in [6.07, 6.45) is 17.3. The third-order valence-corrected chi connectivity index (χ3v) is 4.73. The molecule has 0 radical (unpaired) electrons. The molecule has 0 saturated carbocycles. The molecule has 0 aromatic heterocycles. The Morgan fingerprint density at radius 3 is 1.10 bits per heavy atom. The van der Waals surface area contributed by atoms with Crippen LogP contribution in [0.1, 0.15) is 104 Å². The number of hydrogen-bond acceptors (Lipinski definition) is 6. The van der Waals surface area contributed by atoms with Crippen LogP contribution in [-0.4, -0.2) is 36.7 Å². The minimum absolute atomic E-state index is 0. The Balaban J connectivity index is -0.000000451. The van der Waals surface area contributed by atoms with Crippen molar-refractivity contribution in [2.45, 2.75) is 104 Å². The first-order chi connectivity index (χ1) is 13.6. The maximum absolute atomic E-state index is 10.7. The Morgan fingerprint density at radius 2 is 0.828 bits per heavy atom. The van der Waals surface area contributed by atoms with Crippen LogP contribution in [0.5, 0.6) is 0 Å². The number of ether oxygens (including phenoxy) is 2. The zero-order valence-electron chi connectivity index (χ0n) is 18.9. The van der Waals surface area contributed by atoms with E-state index in [1.807, 2.05) is 0 Å². The van der Waals surface area contributed by atoms with Gasteiger partial charge in [-0.15, -0.1) is 0 Å². The number of hydrogen-bond donors (Lipinski definition) is 0. The molecule has 0 aliphatic rings. The second kappa shape index (κ2) is 30.5. The van der Waals surface area contributed by atoms with Crippen LogP contribution in [0.3, 0.4) is 0 Å². The number of rotatable bonds is 18. The van der Waals surface area contributed by atoms with E-state index in [1.165, 1.54) is 64.2 Å². The van der Waals surface area contributed by atoms with Crippen molar-refractivity contribution in [3.63, 3.8) is 0 Å². The van der Waals surface area contributed by atoms with Crippen LogP contribution in [0, 0.1) is 0 Å². The van der Waals surface area contributed by atoms with E-state index in [0.29, 0.717) is 13.2 Å². The molecule has 0 aromatic carbocycles. The molecule has 4 nitrogen and oxygen atoms in total. The summed E-state index contributed by atoms with van der Waals surface area (Å²) in [7, 11) is 0. The van der Waals surface area contributed by atoms with Crippen molar-refractivity contribution in [1.82, 2.24) is 0 Å². The zero-order chi connectivity index (χ0) is 21.3. The first-order valence-electron chi connectivity index (χ1n) is 11.1. The summed E-state index contributed by atoms with van der Waals surface area (Å²) < 4.78 is 9.75. The molecule has 0 rings (SSSR count). The van der Waals surface area contributed by atoms with Gasteiger partial charge in [-0.2, -0.15) is 0 Å². The van der Waals surface area contributed by atoms with Gasteiger partial charge in [0.1, 0.15) is 0 Å². The Labute approximate surface area is 203 Å². The van der Waals surface area contributed by atoms with E-state index in [1.54, 1.807) is 0 Å². The largest absolute Gasteiger partial charge is 2.00 e. The maximum atomic E-state index is 10.7. The van der Waals surface area contributed by atoms with E-state index in [2.05, 4.69) is 39.1 Å². The van der Waals surface area contributed by atoms with E-state index in [9.17, 15) is 9.59 Å². The first kappa shape index (κ1) is 33.9. The van der Waals surface area contributed by atoms with E-state index in [4.69, 9.17) is 9.47 Å². The normalized spacial score (nSPS) is 9.79. The van der Waals surface area contributed by atoms with Gasteiger partial charge in [0.25, 0.3) is 11.9 Å². The quantitative estimate of drug-likeness (QED) is 0.105. The Hall–Kier alpha value is 0.263. The molecule has 0 unspecified atom stereocenters. The van der Waals surface area contributed by atoms with Crippen LogP contribution in [0.25, 0.3) is 0 Å². The average Bonchev–Trinajstić information content (AvgIpc) is 2.72. The summed E-state index contributed by atoms with van der Waals surface area (Å²) >= 11 is 9.10. The Bertz CT molecular complexity index is 313. The van der Waals surface area contributed by atoms with E-state index >= 15 is 0 Å². The summed E-state index contributed by atoms with van der Waals surface area (Å²) in [5.41, 5.74) is 0. The van der Waals surface area contributed by atoms with Gasteiger partial charge in [-0.3, -0.25) is 9.59 Å². The van der Waals surface area contributed by atoms with Crippen molar-refractivity contribution in [1.29, 1.82) is 0 Å². The van der Waals surface area contributed by atoms with Gasteiger partial charge in [0.2, 0.25) is 0 Å². The molecule has 0 saturated heterocycles. The number of esters is 2. The predicted octanol–water partition coefficient (Wildman–Crippen LogP) is 5.65. The summed E-state index contributed by atoms with van der Waals surface area (Å²) in [6.45, 7) is 5.52. The summed E-state index contributed by atoms with van der Waals surface area (Å²) in [4.78, 5) is 21.3. The molecule has 0 aromatic rings. The van der Waals surface area contributed by atoms with Crippen LogP contribution in [0.4, 0.5) is 0 Å². The second-order valence-electron chi connectivity index (χ2n) is 6.97. The molecule has 0 aliphatic carbocycles. The van der Waals surface area contributed by atoms with Crippen LogP contribution < -0.4 is 0 Å². The van der Waals surface area contributed by atoms with Crippen molar-refractivity contribution >= 4 is 37.2 Å². The third-order valence-electron chi connectivity index (χ3n) is 4.26. The Kier molecular flexibility index (Phi) is 35.6. The summed E-state index contributed by atoms with van der Waals surface area (Å²) in [6, 6.07) is 0. The van der Waals surface area contributed by atoms with Gasteiger partial charge >= 0.3 is 19.5 Å². The minimum Gasteiger partial charge on any atom is -0.782 e. The topological polar surface area (TPSA) is 52.6 Å². The van der Waals surface area contributed by atoms with E-state index < -0.39 is 0 Å². The second-order valence-corrected chi connectivity index (χ2v) is 7.55. The summed E-state index contributed by atoms with van der Waals surface area (Å²) in [5.74, 6) is -0.357. The van der Waals surface area contributed by atoms with Crippen LogP contribution >= 0.6 is 0 Å². The third kappa shape index (κ3) is 33.1. The SMILES string of the molecule is CCCCCCCCCOC(=O)C[S-].CCCCCCCCCOC(=O)C[S-].[Zn+2]. The standard InChI is InChI=1S/2C11H22O2S.Zn/c2*1-2-3-4-5-6-7-8-9-13-11(12)10-14;/h2*14H,2-10H2,1H3;/q;;+2/p-2. The van der Waals surface area contributed by atoms with Gasteiger partial charge in [-0.25, -0.2) is 0 Å². The minimum atomic E-state index is -0.258. The molecule has 0 fully saturated rings. The molecule has 7 heteroatoms. The van der Waals surface area contributed by atoms with Gasteiger partial charge in [0.05, 0.1) is 13.2 Å². The van der Waals surface area contributed by atoms with Crippen molar-refractivity contribution in [2.75, 3.05) is 24.7 Å². The van der Waals surface area contributed by atoms with Gasteiger partial charge in [-0.05, 0) is 12.8 Å². The predicted molar refractivity (Wildman–Crippen MR) is 122 cm³/mol. The fraction of sp³-hybridized carbons (Fsp3) is 0.909. The summed E-state index contributed by atoms with van der Waals surface area (Å²) in [5, 5.41) is 0. The van der Waals surface area contributed by atoms with Gasteiger partial charge in [0, 0.05) is 0 Å². The number of carbonyl (C=O) groups is 2. The van der Waals surface area contributed by atoms with Crippen LogP contribution in [0.15, 0.2) is 0 Å². The monoisotopic (exact) mass is 498 g/mol. The molecule has 0 atom stereocenters. The van der Waals surface area contributed by atoms with Crippen molar-refractivity contribution in [3.8, 4) is 0 Å². The fourth-order valence-corrected chi connectivity index (χ4v) is 2.74. The van der Waals surface area contributed by atoms with Gasteiger partial charge in [0.15, 0.2) is 0 Å².